The van der Waals surface area contributed by atoms with Crippen LogP contribution in [-0.2, 0) is 9.47 Å². The molecule has 2 nitrogen and oxygen atoms in total. The zero-order valence-corrected chi connectivity index (χ0v) is 8.84. The Balaban J connectivity index is 1.55. The van der Waals surface area contributed by atoms with Crippen molar-refractivity contribution >= 4 is 0 Å². The Labute approximate surface area is 86.3 Å². The highest BCUT2D eigenvalue weighted by Crippen LogP contribution is 2.22. The Morgan fingerprint density at radius 2 is 2.00 bits per heavy atom. The molecule has 2 rings (SSSR count). The van der Waals surface area contributed by atoms with Gasteiger partial charge in [0.2, 0.25) is 0 Å². The molecule has 0 aromatic rings. The summed E-state index contributed by atoms with van der Waals surface area (Å²) >= 11 is 0. The van der Waals surface area contributed by atoms with Crippen molar-refractivity contribution in [3.63, 3.8) is 0 Å². The van der Waals surface area contributed by atoms with Gasteiger partial charge in [0.1, 0.15) is 0 Å². The summed E-state index contributed by atoms with van der Waals surface area (Å²) in [5.74, 6) is 0.764. The minimum absolute atomic E-state index is 0.764. The first kappa shape index (κ1) is 10.0. The van der Waals surface area contributed by atoms with Crippen LogP contribution in [0.25, 0.3) is 0 Å². The topological polar surface area (TPSA) is 18.5 Å². The van der Waals surface area contributed by atoms with Crippen LogP contribution in [0.15, 0.2) is 11.8 Å². The monoisotopic (exact) mass is 196 g/mol. The summed E-state index contributed by atoms with van der Waals surface area (Å²) < 4.78 is 10.7. The second-order valence-corrected chi connectivity index (χ2v) is 4.40. The van der Waals surface area contributed by atoms with E-state index in [0.717, 1.165) is 32.2 Å². The average Bonchev–Trinajstić information content (AvgIpc) is 2.16. The highest BCUT2D eigenvalue weighted by Gasteiger charge is 2.17. The van der Waals surface area contributed by atoms with Gasteiger partial charge in [-0.25, -0.2) is 0 Å². The van der Waals surface area contributed by atoms with Gasteiger partial charge in [0, 0.05) is 5.92 Å². The lowest BCUT2D eigenvalue weighted by Crippen LogP contribution is -2.28. The van der Waals surface area contributed by atoms with Crippen LogP contribution >= 0.6 is 0 Å². The molecule has 0 unspecified atom stereocenters. The Hall–Kier alpha value is -0.500. The summed E-state index contributed by atoms with van der Waals surface area (Å²) in [5.41, 5.74) is 1.51. The minimum atomic E-state index is 0.764. The van der Waals surface area contributed by atoms with E-state index in [4.69, 9.17) is 9.47 Å². The van der Waals surface area contributed by atoms with Gasteiger partial charge in [0.05, 0.1) is 26.1 Å². The zero-order valence-electron chi connectivity index (χ0n) is 8.84. The van der Waals surface area contributed by atoms with Crippen LogP contribution in [0.3, 0.4) is 0 Å². The highest BCUT2D eigenvalue weighted by atomic mass is 16.5. The van der Waals surface area contributed by atoms with Crippen molar-refractivity contribution in [1.29, 1.82) is 0 Å². The molecule has 1 aliphatic heterocycles. The summed E-state index contributed by atoms with van der Waals surface area (Å²) in [5, 5.41) is 0. The summed E-state index contributed by atoms with van der Waals surface area (Å²) in [6.45, 7) is 2.76. The largest absolute Gasteiger partial charge is 0.501 e. The third-order valence-electron chi connectivity index (χ3n) is 3.10. The van der Waals surface area contributed by atoms with Crippen molar-refractivity contribution < 1.29 is 9.47 Å². The van der Waals surface area contributed by atoms with Gasteiger partial charge in [-0.1, -0.05) is 6.42 Å². The molecule has 2 heteroatoms. The molecule has 14 heavy (non-hydrogen) atoms. The van der Waals surface area contributed by atoms with Crippen LogP contribution in [0, 0.1) is 5.92 Å². The molecule has 1 aliphatic carbocycles. The molecule has 0 spiro atoms. The third-order valence-corrected chi connectivity index (χ3v) is 3.10. The molecule has 0 radical (unpaired) electrons. The normalized spacial score (nSPS) is 23.0. The number of hydrogen-bond acceptors (Lipinski definition) is 2. The van der Waals surface area contributed by atoms with Crippen molar-refractivity contribution in [2.45, 2.75) is 38.5 Å². The molecule has 1 saturated heterocycles. The van der Waals surface area contributed by atoms with E-state index in [1.807, 2.05) is 6.26 Å². The van der Waals surface area contributed by atoms with E-state index in [9.17, 15) is 0 Å². The van der Waals surface area contributed by atoms with E-state index in [2.05, 4.69) is 0 Å². The highest BCUT2D eigenvalue weighted by molar-refractivity contribution is 5.00. The number of ether oxygens (including phenoxy) is 2. The lowest BCUT2D eigenvalue weighted by atomic mass is 9.96. The maximum absolute atomic E-state index is 5.56. The van der Waals surface area contributed by atoms with Gasteiger partial charge in [0.15, 0.2) is 0 Å². The fourth-order valence-corrected chi connectivity index (χ4v) is 1.99. The van der Waals surface area contributed by atoms with E-state index < -0.39 is 0 Å². The summed E-state index contributed by atoms with van der Waals surface area (Å²) in [4.78, 5) is 0. The van der Waals surface area contributed by atoms with Crippen molar-refractivity contribution in [3.8, 4) is 0 Å². The second-order valence-electron chi connectivity index (χ2n) is 4.40. The smallest absolute Gasteiger partial charge is 0.0877 e. The molecule has 0 aromatic carbocycles. The number of rotatable bonds is 4. The fraction of sp³-hybridized carbons (Fsp3) is 0.833. The molecule has 0 atom stereocenters. The molecule has 80 valence electrons. The fourth-order valence-electron chi connectivity index (χ4n) is 1.99. The van der Waals surface area contributed by atoms with Gasteiger partial charge in [-0.15, -0.1) is 0 Å². The Morgan fingerprint density at radius 1 is 1.21 bits per heavy atom. The lowest BCUT2D eigenvalue weighted by molar-refractivity contribution is -0.0422. The first-order valence-electron chi connectivity index (χ1n) is 5.82. The van der Waals surface area contributed by atoms with Crippen LogP contribution in [0.2, 0.25) is 0 Å². The van der Waals surface area contributed by atoms with E-state index in [0.29, 0.717) is 0 Å². The van der Waals surface area contributed by atoms with Gasteiger partial charge in [0.25, 0.3) is 0 Å². The van der Waals surface area contributed by atoms with E-state index >= 15 is 0 Å². The molecule has 0 N–H and O–H groups in total. The molecular weight excluding hydrogens is 176 g/mol. The van der Waals surface area contributed by atoms with Crippen LogP contribution in [0.1, 0.15) is 38.5 Å². The van der Waals surface area contributed by atoms with Crippen LogP contribution in [-0.4, -0.2) is 19.8 Å². The molecule has 2 aliphatic rings. The van der Waals surface area contributed by atoms with Crippen LogP contribution in [0.4, 0.5) is 0 Å². The number of hydrogen-bond donors (Lipinski definition) is 0. The van der Waals surface area contributed by atoms with Crippen molar-refractivity contribution in [2.24, 2.45) is 5.92 Å². The first-order valence-corrected chi connectivity index (χ1v) is 5.82. The predicted molar refractivity (Wildman–Crippen MR) is 56.0 cm³/mol. The Bertz CT molecular complexity index is 186. The quantitative estimate of drug-likeness (QED) is 0.508. The van der Waals surface area contributed by atoms with Crippen LogP contribution < -0.4 is 0 Å². The van der Waals surface area contributed by atoms with Crippen molar-refractivity contribution in [2.75, 3.05) is 19.8 Å². The van der Waals surface area contributed by atoms with Gasteiger partial charge >= 0.3 is 0 Å². The van der Waals surface area contributed by atoms with E-state index in [1.165, 1.54) is 37.7 Å². The first-order chi connectivity index (χ1) is 6.95. The maximum atomic E-state index is 5.56. The number of allylic oxidation sites excluding steroid dienone is 1. The molecule has 1 saturated carbocycles. The lowest BCUT2D eigenvalue weighted by Gasteiger charge is -2.25. The van der Waals surface area contributed by atoms with Gasteiger partial charge in [-0.2, -0.15) is 0 Å². The molecular formula is C12H20O2. The maximum Gasteiger partial charge on any atom is 0.0877 e. The van der Waals surface area contributed by atoms with E-state index in [-0.39, 0.29) is 0 Å². The van der Waals surface area contributed by atoms with Crippen molar-refractivity contribution in [1.82, 2.24) is 0 Å². The average molecular weight is 196 g/mol. The standard InChI is InChI=1S/C12H20O2/c1-2-4-11(5-3-1)8-13-7-6-12-9-14-10-12/h8,12H,1-7,9-10H2. The van der Waals surface area contributed by atoms with Gasteiger partial charge < -0.3 is 9.47 Å². The molecule has 1 heterocycles. The summed E-state index contributed by atoms with van der Waals surface area (Å²) in [6, 6.07) is 0. The summed E-state index contributed by atoms with van der Waals surface area (Å²) in [7, 11) is 0. The zero-order chi connectivity index (χ0) is 9.64. The SMILES string of the molecule is C(OCCC1COC1)=C1CCCCC1. The molecule has 0 bridgehead atoms. The molecule has 0 aromatic heterocycles. The summed E-state index contributed by atoms with van der Waals surface area (Å²) in [6.07, 6.45) is 9.79. The minimum Gasteiger partial charge on any atom is -0.501 e. The van der Waals surface area contributed by atoms with Gasteiger partial charge in [-0.05, 0) is 37.7 Å². The second kappa shape index (κ2) is 5.40. The van der Waals surface area contributed by atoms with Crippen LogP contribution in [0.5, 0.6) is 0 Å². The van der Waals surface area contributed by atoms with Crippen molar-refractivity contribution in [3.05, 3.63) is 11.8 Å². The van der Waals surface area contributed by atoms with E-state index in [1.54, 1.807) is 0 Å². The van der Waals surface area contributed by atoms with Gasteiger partial charge in [-0.3, -0.25) is 0 Å². The predicted octanol–water partition coefficient (Wildman–Crippen LogP) is 2.89. The Morgan fingerprint density at radius 3 is 2.64 bits per heavy atom. The molecule has 0 amide bonds. The third kappa shape index (κ3) is 3.02. The molecule has 2 fully saturated rings. The Kier molecular flexibility index (Phi) is 3.87.